The molecule has 0 fully saturated rings. The van der Waals surface area contributed by atoms with Crippen LogP contribution < -0.4 is 0 Å². The van der Waals surface area contributed by atoms with Gasteiger partial charge in [0.05, 0.1) is 24.7 Å². The van der Waals surface area contributed by atoms with E-state index in [-0.39, 0.29) is 18.1 Å². The summed E-state index contributed by atoms with van der Waals surface area (Å²) in [5, 5.41) is 0. The van der Waals surface area contributed by atoms with E-state index in [0.717, 1.165) is 12.8 Å². The van der Waals surface area contributed by atoms with Crippen molar-refractivity contribution in [3.8, 4) is 0 Å². The van der Waals surface area contributed by atoms with E-state index in [1.807, 2.05) is 39.0 Å². The Balaban J connectivity index is 1.97. The summed E-state index contributed by atoms with van der Waals surface area (Å²) in [4.78, 5) is 39.3. The van der Waals surface area contributed by atoms with Gasteiger partial charge in [0.2, 0.25) is 12.8 Å². The zero-order chi connectivity index (χ0) is 16.6. The van der Waals surface area contributed by atoms with Crippen LogP contribution in [-0.4, -0.2) is 63.9 Å². The average molecular weight is 313 g/mol. The summed E-state index contributed by atoms with van der Waals surface area (Å²) < 4.78 is 0. The highest BCUT2D eigenvalue weighted by atomic mass is 16.1. The minimum atomic E-state index is 0.00303. The zero-order valence-corrected chi connectivity index (χ0v) is 13.4. The van der Waals surface area contributed by atoms with E-state index in [4.69, 9.17) is 0 Å². The van der Waals surface area contributed by atoms with Crippen LogP contribution in [0.15, 0.2) is 28.2 Å². The summed E-state index contributed by atoms with van der Waals surface area (Å²) in [5.74, 6) is 1.12. The molecular weight excluding hydrogens is 294 g/mol. The first-order valence-corrected chi connectivity index (χ1v) is 7.64. The quantitative estimate of drug-likeness (QED) is 0.767. The molecule has 0 spiro atoms. The van der Waals surface area contributed by atoms with Gasteiger partial charge in [0.25, 0.3) is 0 Å². The predicted molar refractivity (Wildman–Crippen MR) is 86.4 cm³/mol. The Morgan fingerprint density at radius 3 is 2.35 bits per heavy atom. The van der Waals surface area contributed by atoms with E-state index >= 15 is 0 Å². The third-order valence-corrected chi connectivity index (χ3v) is 4.37. The first-order valence-electron chi connectivity index (χ1n) is 7.64. The van der Waals surface area contributed by atoms with Gasteiger partial charge in [-0.15, -0.1) is 0 Å². The molecule has 1 aromatic heterocycles. The number of carbonyl (C=O) groups is 2. The molecule has 0 aliphatic carbocycles. The molecule has 2 amide bonds. The maximum Gasteiger partial charge on any atom is 0.215 e. The molecule has 7 nitrogen and oxygen atoms in total. The molecule has 1 aromatic rings. The second-order valence-electron chi connectivity index (χ2n) is 5.88. The molecule has 2 aliphatic rings. The summed E-state index contributed by atoms with van der Waals surface area (Å²) >= 11 is 0. The molecule has 0 unspecified atom stereocenters. The van der Waals surface area contributed by atoms with Gasteiger partial charge in [-0.05, 0) is 32.9 Å². The van der Waals surface area contributed by atoms with Crippen molar-refractivity contribution in [2.24, 2.45) is 9.98 Å². The van der Waals surface area contributed by atoms with Crippen molar-refractivity contribution in [1.29, 1.82) is 0 Å². The molecule has 120 valence electrons. The van der Waals surface area contributed by atoms with Gasteiger partial charge in [-0.1, -0.05) is 6.07 Å². The van der Waals surface area contributed by atoms with Gasteiger partial charge in [0, 0.05) is 0 Å². The van der Waals surface area contributed by atoms with E-state index in [1.165, 1.54) is 0 Å². The second kappa shape index (κ2) is 5.91. The molecule has 0 saturated heterocycles. The number of aromatic nitrogens is 1. The van der Waals surface area contributed by atoms with Crippen LogP contribution in [0.1, 0.15) is 32.2 Å². The summed E-state index contributed by atoms with van der Waals surface area (Å²) in [6, 6.07) is 5.52. The molecule has 3 atom stereocenters. The number of amidine groups is 2. The van der Waals surface area contributed by atoms with E-state index in [1.54, 1.807) is 9.80 Å². The van der Waals surface area contributed by atoms with Crippen LogP contribution in [0, 0.1) is 0 Å². The van der Waals surface area contributed by atoms with E-state index in [2.05, 4.69) is 15.0 Å². The molecule has 0 N–H and O–H groups in total. The minimum Gasteiger partial charge on any atom is -0.293 e. The molecule has 2 aliphatic heterocycles. The molecule has 3 heterocycles. The number of hydrogen-bond donors (Lipinski definition) is 0. The maximum absolute atomic E-state index is 11.4. The fourth-order valence-electron chi connectivity index (χ4n) is 2.78. The Kier molecular flexibility index (Phi) is 3.94. The number of hydrogen-bond acceptors (Lipinski definition) is 5. The van der Waals surface area contributed by atoms with Crippen LogP contribution in [-0.2, 0) is 9.59 Å². The Morgan fingerprint density at radius 2 is 1.70 bits per heavy atom. The monoisotopic (exact) mass is 313 g/mol. The number of aliphatic imine (C=N–C) groups is 2. The molecule has 0 aromatic carbocycles. The van der Waals surface area contributed by atoms with Crippen LogP contribution in [0.4, 0.5) is 0 Å². The zero-order valence-electron chi connectivity index (χ0n) is 13.4. The van der Waals surface area contributed by atoms with Crippen LogP contribution in [0.5, 0.6) is 0 Å². The smallest absolute Gasteiger partial charge is 0.215 e. The molecule has 0 radical (unpaired) electrons. The normalized spacial score (nSPS) is 27.0. The number of pyridine rings is 1. The van der Waals surface area contributed by atoms with Gasteiger partial charge < -0.3 is 0 Å². The highest BCUT2D eigenvalue weighted by Gasteiger charge is 2.32. The van der Waals surface area contributed by atoms with Crippen molar-refractivity contribution in [1.82, 2.24) is 14.8 Å². The van der Waals surface area contributed by atoms with Gasteiger partial charge in [-0.3, -0.25) is 29.4 Å². The highest BCUT2D eigenvalue weighted by molar-refractivity contribution is 6.07. The molecule has 3 rings (SSSR count). The lowest BCUT2D eigenvalue weighted by atomic mass is 10.2. The first kappa shape index (κ1) is 15.3. The van der Waals surface area contributed by atoms with Crippen LogP contribution in [0.25, 0.3) is 0 Å². The fourth-order valence-corrected chi connectivity index (χ4v) is 2.78. The number of carbonyl (C=O) groups excluding carboxylic acids is 2. The molecule has 0 bridgehead atoms. The van der Waals surface area contributed by atoms with Crippen molar-refractivity contribution in [3.63, 3.8) is 0 Å². The van der Waals surface area contributed by atoms with Crippen molar-refractivity contribution in [2.75, 3.05) is 6.54 Å². The van der Waals surface area contributed by atoms with E-state index in [9.17, 15) is 9.59 Å². The lowest BCUT2D eigenvalue weighted by molar-refractivity contribution is -0.116. The molecular formula is C16H19N5O2. The Bertz CT molecular complexity index is 699. The van der Waals surface area contributed by atoms with Gasteiger partial charge in [0.15, 0.2) is 11.7 Å². The Morgan fingerprint density at radius 1 is 1.04 bits per heavy atom. The number of rotatable bonds is 4. The fraction of sp³-hybridized carbons (Fsp3) is 0.438. The van der Waals surface area contributed by atoms with Crippen LogP contribution in [0.2, 0.25) is 0 Å². The van der Waals surface area contributed by atoms with E-state index < -0.39 is 0 Å². The van der Waals surface area contributed by atoms with Crippen molar-refractivity contribution in [2.45, 2.75) is 38.9 Å². The number of nitrogens with zero attached hydrogens (tertiary/aromatic N) is 5. The molecule has 0 saturated carbocycles. The van der Waals surface area contributed by atoms with Gasteiger partial charge in [0.1, 0.15) is 11.4 Å². The summed E-state index contributed by atoms with van der Waals surface area (Å²) in [6.07, 6.45) is 1.56. The van der Waals surface area contributed by atoms with Crippen molar-refractivity contribution < 1.29 is 9.59 Å². The van der Waals surface area contributed by atoms with Crippen molar-refractivity contribution >= 4 is 24.5 Å². The Labute approximate surface area is 134 Å². The summed E-state index contributed by atoms with van der Waals surface area (Å²) in [5.41, 5.74) is 1.22. The lowest BCUT2D eigenvalue weighted by Crippen LogP contribution is -2.37. The predicted octanol–water partition coefficient (Wildman–Crippen LogP) is 0.684. The maximum atomic E-state index is 11.4. The van der Waals surface area contributed by atoms with Crippen LogP contribution in [0.3, 0.4) is 0 Å². The SMILES string of the molecule is C[C@@H]1N=C(c2cccc(C3=NC[C@H](C)N3C=O)n2)N(C=O)[C@H]1C. The minimum absolute atomic E-state index is 0.00303. The first-order chi connectivity index (χ1) is 11.1. The average Bonchev–Trinajstić information content (AvgIpc) is 3.07. The third kappa shape index (κ3) is 2.52. The topological polar surface area (TPSA) is 78.2 Å². The summed E-state index contributed by atoms with van der Waals surface area (Å²) in [7, 11) is 0. The number of amides is 2. The molecule has 7 heteroatoms. The lowest BCUT2D eigenvalue weighted by Gasteiger charge is -2.20. The summed E-state index contributed by atoms with van der Waals surface area (Å²) in [6.45, 7) is 6.42. The Hall–Kier alpha value is -2.57. The second-order valence-corrected chi connectivity index (χ2v) is 5.88. The largest absolute Gasteiger partial charge is 0.293 e. The standard InChI is InChI=1S/C16H19N5O2/c1-10-7-17-15(20(10)8-22)13-5-4-6-14(19-13)16-18-11(2)12(3)21(16)9-23/h4-6,8-12H,7H2,1-3H3/t10-,11-,12-/m0/s1. The highest BCUT2D eigenvalue weighted by Crippen LogP contribution is 2.20. The van der Waals surface area contributed by atoms with Gasteiger partial charge in [-0.2, -0.15) is 0 Å². The van der Waals surface area contributed by atoms with E-state index in [0.29, 0.717) is 29.6 Å². The van der Waals surface area contributed by atoms with Crippen LogP contribution >= 0.6 is 0 Å². The molecule has 23 heavy (non-hydrogen) atoms. The van der Waals surface area contributed by atoms with Crippen molar-refractivity contribution in [3.05, 3.63) is 29.6 Å². The van der Waals surface area contributed by atoms with Gasteiger partial charge >= 0.3 is 0 Å². The third-order valence-electron chi connectivity index (χ3n) is 4.37. The van der Waals surface area contributed by atoms with Gasteiger partial charge in [-0.25, -0.2) is 4.98 Å².